The quantitative estimate of drug-likeness (QED) is 0.551. The summed E-state index contributed by atoms with van der Waals surface area (Å²) in [5, 5.41) is 41.9. The van der Waals surface area contributed by atoms with Gasteiger partial charge in [0.2, 0.25) is 5.95 Å². The Labute approximate surface area is 131 Å². The maximum atomic E-state index is 11.1. The number of aliphatic hydroxyl groups excluding tert-OH is 1. The summed E-state index contributed by atoms with van der Waals surface area (Å²) in [7, 11) is 0. The third kappa shape index (κ3) is 3.02. The fourth-order valence-corrected chi connectivity index (χ4v) is 1.73. The molecule has 0 aliphatic heterocycles. The predicted molar refractivity (Wildman–Crippen MR) is 75.0 cm³/mol. The molecule has 0 fully saturated rings. The highest BCUT2D eigenvalue weighted by Gasteiger charge is 2.33. The van der Waals surface area contributed by atoms with Crippen LogP contribution in [0.1, 0.15) is 5.69 Å². The first-order valence-electron chi connectivity index (χ1n) is 5.98. The number of hydrogen-bond acceptors (Lipinski definition) is 10. The summed E-state index contributed by atoms with van der Waals surface area (Å²) in [6.45, 7) is -0.523. The SMILES string of the molecule is Nc1nc(CO)cn1Oc1c([N+](=O)[O-])cc([N+](=O)[O-])cc1[N+](=O)[O-]. The van der Waals surface area contributed by atoms with Crippen molar-refractivity contribution in [3.63, 3.8) is 0 Å². The van der Waals surface area contributed by atoms with Crippen LogP contribution in [0.3, 0.4) is 0 Å². The molecule has 0 aliphatic carbocycles. The Kier molecular flexibility index (Phi) is 4.23. The largest absolute Gasteiger partial charge is 0.390 e. The van der Waals surface area contributed by atoms with Gasteiger partial charge in [0.1, 0.15) is 0 Å². The van der Waals surface area contributed by atoms with Gasteiger partial charge in [-0.1, -0.05) is 0 Å². The summed E-state index contributed by atoms with van der Waals surface area (Å²) in [5.41, 5.74) is 2.64. The number of anilines is 1. The van der Waals surface area contributed by atoms with Gasteiger partial charge < -0.3 is 15.7 Å². The average molecular weight is 340 g/mol. The van der Waals surface area contributed by atoms with Gasteiger partial charge in [-0.05, 0) is 0 Å². The van der Waals surface area contributed by atoms with E-state index in [1.165, 1.54) is 0 Å². The number of benzene rings is 1. The first-order valence-corrected chi connectivity index (χ1v) is 5.98. The molecule has 0 saturated carbocycles. The van der Waals surface area contributed by atoms with E-state index in [-0.39, 0.29) is 11.6 Å². The van der Waals surface area contributed by atoms with Crippen LogP contribution in [0.2, 0.25) is 0 Å². The van der Waals surface area contributed by atoms with E-state index in [0.717, 1.165) is 6.20 Å². The summed E-state index contributed by atoms with van der Waals surface area (Å²) in [5.74, 6) is -1.22. The van der Waals surface area contributed by atoms with Crippen LogP contribution >= 0.6 is 0 Å². The monoisotopic (exact) mass is 340 g/mol. The summed E-state index contributed by atoms with van der Waals surface area (Å²) < 4.78 is 0.659. The zero-order valence-electron chi connectivity index (χ0n) is 11.6. The zero-order chi connectivity index (χ0) is 18.0. The minimum Gasteiger partial charge on any atom is -0.390 e. The van der Waals surface area contributed by atoms with Crippen molar-refractivity contribution in [1.82, 2.24) is 9.71 Å². The average Bonchev–Trinajstić information content (AvgIpc) is 2.86. The Morgan fingerprint density at radius 1 is 1.12 bits per heavy atom. The van der Waals surface area contributed by atoms with Crippen molar-refractivity contribution < 1.29 is 24.7 Å². The smallest absolute Gasteiger partial charge is 0.328 e. The lowest BCUT2D eigenvalue weighted by atomic mass is 10.2. The van der Waals surface area contributed by atoms with Gasteiger partial charge in [-0.15, -0.1) is 4.73 Å². The molecule has 2 rings (SSSR count). The van der Waals surface area contributed by atoms with Gasteiger partial charge in [0.05, 0.1) is 45.4 Å². The summed E-state index contributed by atoms with van der Waals surface area (Å²) in [6, 6.07) is 1.03. The molecule has 14 heteroatoms. The minimum absolute atomic E-state index is 0.0414. The molecular weight excluding hydrogens is 332 g/mol. The Bertz CT molecular complexity index is 811. The lowest BCUT2D eigenvalue weighted by Crippen LogP contribution is -2.11. The van der Waals surface area contributed by atoms with E-state index in [2.05, 4.69) is 4.98 Å². The van der Waals surface area contributed by atoms with Crippen LogP contribution in [0, 0.1) is 30.3 Å². The number of nitrogens with two attached hydrogens (primary N) is 1. The van der Waals surface area contributed by atoms with Gasteiger partial charge in [-0.25, -0.2) is 4.98 Å². The second-order valence-electron chi connectivity index (χ2n) is 4.25. The summed E-state index contributed by atoms with van der Waals surface area (Å²) in [6.07, 6.45) is 1.05. The number of nitrogens with zero attached hydrogens (tertiary/aromatic N) is 5. The molecule has 126 valence electrons. The van der Waals surface area contributed by atoms with Crippen molar-refractivity contribution in [3.8, 4) is 5.75 Å². The number of aliphatic hydroxyl groups is 1. The van der Waals surface area contributed by atoms with E-state index in [1.54, 1.807) is 0 Å². The van der Waals surface area contributed by atoms with Gasteiger partial charge in [0, 0.05) is 0 Å². The minimum atomic E-state index is -1.07. The van der Waals surface area contributed by atoms with Crippen molar-refractivity contribution in [3.05, 3.63) is 54.4 Å². The molecule has 3 N–H and O–H groups in total. The predicted octanol–water partition coefficient (Wildman–Crippen LogP) is 0.524. The third-order valence-corrected chi connectivity index (χ3v) is 2.74. The first-order chi connectivity index (χ1) is 11.2. The van der Waals surface area contributed by atoms with Crippen molar-refractivity contribution in [2.24, 2.45) is 0 Å². The van der Waals surface area contributed by atoms with E-state index in [1.807, 2.05) is 0 Å². The van der Waals surface area contributed by atoms with Crippen LogP contribution < -0.4 is 10.6 Å². The van der Waals surface area contributed by atoms with Gasteiger partial charge >= 0.3 is 17.1 Å². The van der Waals surface area contributed by atoms with Gasteiger partial charge in [0.25, 0.3) is 5.69 Å². The highest BCUT2D eigenvalue weighted by atomic mass is 16.7. The van der Waals surface area contributed by atoms with E-state index in [0.29, 0.717) is 16.9 Å². The molecule has 0 radical (unpaired) electrons. The number of aromatic nitrogens is 2. The Morgan fingerprint density at radius 3 is 2.04 bits per heavy atom. The van der Waals surface area contributed by atoms with Crippen LogP contribution in [0.25, 0.3) is 0 Å². The van der Waals surface area contributed by atoms with Crippen molar-refractivity contribution in [1.29, 1.82) is 0 Å². The first kappa shape index (κ1) is 16.6. The number of rotatable bonds is 6. The molecule has 0 bridgehead atoms. The Balaban J connectivity index is 2.65. The zero-order valence-corrected chi connectivity index (χ0v) is 11.6. The van der Waals surface area contributed by atoms with Gasteiger partial charge in [-0.2, -0.15) is 0 Å². The molecule has 2 aromatic rings. The number of hydrogen-bond donors (Lipinski definition) is 2. The fraction of sp³-hybridized carbons (Fsp3) is 0.100. The van der Waals surface area contributed by atoms with Crippen molar-refractivity contribution in [2.75, 3.05) is 5.73 Å². The molecule has 0 atom stereocenters. The fourth-order valence-electron chi connectivity index (χ4n) is 1.73. The molecule has 0 aliphatic rings. The van der Waals surface area contributed by atoms with Crippen LogP contribution in [0.15, 0.2) is 18.3 Å². The standard InChI is InChI=1S/C10H8N6O8/c11-10-12-5(4-17)3-13(10)24-9-7(15(20)21)1-6(14(18)19)2-8(9)16(22)23/h1-3,17H,4H2,(H2,11,12). The maximum absolute atomic E-state index is 11.1. The number of nitrogen functional groups attached to an aromatic ring is 1. The Hall–Kier alpha value is -3.81. The normalized spacial score (nSPS) is 10.4. The lowest BCUT2D eigenvalue weighted by molar-refractivity contribution is -0.404. The van der Waals surface area contributed by atoms with E-state index in [9.17, 15) is 30.3 Å². The van der Waals surface area contributed by atoms with Crippen molar-refractivity contribution in [2.45, 2.75) is 6.61 Å². The molecule has 14 nitrogen and oxygen atoms in total. The van der Waals surface area contributed by atoms with E-state index in [4.69, 9.17) is 15.7 Å². The Morgan fingerprint density at radius 2 is 1.67 bits per heavy atom. The van der Waals surface area contributed by atoms with E-state index >= 15 is 0 Å². The summed E-state index contributed by atoms with van der Waals surface area (Å²) in [4.78, 5) is 38.5. The number of nitro groups is 3. The number of non-ortho nitro benzene ring substituents is 1. The van der Waals surface area contributed by atoms with Gasteiger partial charge in [-0.3, -0.25) is 30.3 Å². The number of imidazole rings is 1. The van der Waals surface area contributed by atoms with Crippen LogP contribution in [0.4, 0.5) is 23.0 Å². The molecule has 1 aromatic heterocycles. The maximum Gasteiger partial charge on any atom is 0.328 e. The second-order valence-corrected chi connectivity index (χ2v) is 4.25. The van der Waals surface area contributed by atoms with Crippen LogP contribution in [0.5, 0.6) is 5.75 Å². The molecular formula is C10H8N6O8. The molecule has 24 heavy (non-hydrogen) atoms. The number of nitro benzene ring substituents is 3. The second kappa shape index (κ2) is 6.13. The highest BCUT2D eigenvalue weighted by Crippen LogP contribution is 2.40. The van der Waals surface area contributed by atoms with E-state index < -0.39 is 44.2 Å². The molecule has 0 spiro atoms. The highest BCUT2D eigenvalue weighted by molar-refractivity contribution is 5.65. The van der Waals surface area contributed by atoms with Crippen LogP contribution in [-0.4, -0.2) is 29.6 Å². The van der Waals surface area contributed by atoms with Crippen molar-refractivity contribution >= 4 is 23.0 Å². The third-order valence-electron chi connectivity index (χ3n) is 2.74. The molecule has 0 unspecified atom stereocenters. The molecule has 0 amide bonds. The molecule has 0 saturated heterocycles. The van der Waals surface area contributed by atoms with Crippen LogP contribution in [-0.2, 0) is 6.61 Å². The molecule has 1 heterocycles. The summed E-state index contributed by atoms with van der Waals surface area (Å²) >= 11 is 0. The lowest BCUT2D eigenvalue weighted by Gasteiger charge is -2.07. The van der Waals surface area contributed by atoms with Gasteiger partial charge in [0.15, 0.2) is 0 Å². The topological polar surface area (TPSA) is 203 Å². The molecule has 1 aromatic carbocycles.